The van der Waals surface area contributed by atoms with E-state index < -0.39 is 0 Å². The summed E-state index contributed by atoms with van der Waals surface area (Å²) in [5.74, 6) is 2.75. The Bertz CT molecular complexity index is 866. The second-order valence-corrected chi connectivity index (χ2v) is 8.35. The molecule has 1 saturated carbocycles. The summed E-state index contributed by atoms with van der Waals surface area (Å²) in [6.07, 6.45) is 10.8. The number of benzene rings is 1. The zero-order valence-corrected chi connectivity index (χ0v) is 22.2. The van der Waals surface area contributed by atoms with E-state index in [4.69, 9.17) is 4.74 Å². The van der Waals surface area contributed by atoms with Crippen LogP contribution in [0.5, 0.6) is 5.75 Å². The Morgan fingerprint density at radius 3 is 2.78 bits per heavy atom. The van der Waals surface area contributed by atoms with E-state index in [-0.39, 0.29) is 24.0 Å². The first kappa shape index (κ1) is 26.5. The van der Waals surface area contributed by atoms with Crippen LogP contribution >= 0.6 is 35.7 Å². The van der Waals surface area contributed by atoms with E-state index in [1.165, 1.54) is 25.7 Å². The molecular formula is C23H35IN6OS. The summed E-state index contributed by atoms with van der Waals surface area (Å²) in [7, 11) is 1.79. The summed E-state index contributed by atoms with van der Waals surface area (Å²) >= 11 is 1.69. The first-order valence-corrected chi connectivity index (χ1v) is 12.2. The summed E-state index contributed by atoms with van der Waals surface area (Å²) in [4.78, 5) is 4.34. The van der Waals surface area contributed by atoms with Gasteiger partial charge in [0.1, 0.15) is 18.2 Å². The lowest BCUT2D eigenvalue weighted by atomic mass is 10.2. The highest BCUT2D eigenvalue weighted by atomic mass is 127. The molecule has 0 aliphatic heterocycles. The summed E-state index contributed by atoms with van der Waals surface area (Å²) in [6, 6.07) is 8.58. The van der Waals surface area contributed by atoms with Gasteiger partial charge >= 0.3 is 0 Å². The molecule has 7 nitrogen and oxygen atoms in total. The quantitative estimate of drug-likeness (QED) is 0.103. The fraction of sp³-hybridized carbons (Fsp3) is 0.522. The van der Waals surface area contributed by atoms with Gasteiger partial charge in [0.05, 0.1) is 0 Å². The van der Waals surface area contributed by atoms with Gasteiger partial charge < -0.3 is 19.9 Å². The Hall–Kier alpha value is -1.75. The lowest BCUT2D eigenvalue weighted by molar-refractivity contribution is 0.358. The molecule has 32 heavy (non-hydrogen) atoms. The zero-order valence-electron chi connectivity index (χ0n) is 19.0. The first-order valence-electron chi connectivity index (χ1n) is 11.0. The fourth-order valence-electron chi connectivity index (χ4n) is 3.94. The van der Waals surface area contributed by atoms with Gasteiger partial charge in [0.25, 0.3) is 0 Å². The minimum atomic E-state index is 0. The molecule has 2 N–H and O–H groups in total. The highest BCUT2D eigenvalue weighted by Gasteiger charge is 2.23. The second kappa shape index (κ2) is 14.4. The molecule has 0 bridgehead atoms. The lowest BCUT2D eigenvalue weighted by Crippen LogP contribution is -2.37. The van der Waals surface area contributed by atoms with Crippen molar-refractivity contribution in [3.05, 3.63) is 48.3 Å². The zero-order chi connectivity index (χ0) is 21.9. The predicted molar refractivity (Wildman–Crippen MR) is 143 cm³/mol. The number of nitrogens with zero attached hydrogens (tertiary/aromatic N) is 4. The summed E-state index contributed by atoms with van der Waals surface area (Å²) in [6.45, 7) is 5.66. The van der Waals surface area contributed by atoms with Crippen LogP contribution in [0.3, 0.4) is 0 Å². The Morgan fingerprint density at radius 1 is 1.28 bits per heavy atom. The van der Waals surface area contributed by atoms with Crippen molar-refractivity contribution in [2.45, 2.75) is 56.3 Å². The molecule has 0 radical (unpaired) electrons. The van der Waals surface area contributed by atoms with Gasteiger partial charge in [-0.05, 0) is 31.6 Å². The van der Waals surface area contributed by atoms with E-state index in [2.05, 4.69) is 49.3 Å². The van der Waals surface area contributed by atoms with Crippen LogP contribution in [0.15, 0.2) is 47.1 Å². The van der Waals surface area contributed by atoms with Crippen molar-refractivity contribution in [3.63, 3.8) is 0 Å². The van der Waals surface area contributed by atoms with E-state index in [9.17, 15) is 0 Å². The first-order chi connectivity index (χ1) is 15.3. The molecule has 1 aromatic heterocycles. The molecule has 0 unspecified atom stereocenters. The lowest BCUT2D eigenvalue weighted by Gasteiger charge is -2.17. The minimum absolute atomic E-state index is 0. The molecule has 1 aliphatic rings. The van der Waals surface area contributed by atoms with Crippen LogP contribution < -0.4 is 15.4 Å². The van der Waals surface area contributed by atoms with Gasteiger partial charge in [-0.1, -0.05) is 55.5 Å². The van der Waals surface area contributed by atoms with E-state index in [1.807, 2.05) is 18.2 Å². The van der Waals surface area contributed by atoms with Gasteiger partial charge in [-0.2, -0.15) is 0 Å². The van der Waals surface area contributed by atoms with Gasteiger partial charge in [-0.15, -0.1) is 34.2 Å². The van der Waals surface area contributed by atoms with Crippen molar-refractivity contribution in [1.29, 1.82) is 0 Å². The Kier molecular flexibility index (Phi) is 11.9. The maximum atomic E-state index is 5.73. The summed E-state index contributed by atoms with van der Waals surface area (Å²) in [5, 5.41) is 16.7. The van der Waals surface area contributed by atoms with Crippen molar-refractivity contribution in [2.75, 3.05) is 26.5 Å². The summed E-state index contributed by atoms with van der Waals surface area (Å²) in [5.41, 5.74) is 1.08. The van der Waals surface area contributed by atoms with E-state index in [0.29, 0.717) is 19.2 Å². The number of nitrogens with one attached hydrogen (secondary N) is 2. The van der Waals surface area contributed by atoms with E-state index in [0.717, 1.165) is 47.6 Å². The molecule has 1 heterocycles. The Balaban J connectivity index is 0.00000363. The van der Waals surface area contributed by atoms with Crippen molar-refractivity contribution in [2.24, 2.45) is 4.99 Å². The van der Waals surface area contributed by atoms with Crippen molar-refractivity contribution >= 4 is 41.7 Å². The van der Waals surface area contributed by atoms with Gasteiger partial charge in [0.2, 0.25) is 0 Å². The van der Waals surface area contributed by atoms with E-state index >= 15 is 0 Å². The third kappa shape index (κ3) is 7.40. The van der Waals surface area contributed by atoms with Crippen LogP contribution in [0.4, 0.5) is 0 Å². The molecular weight excluding hydrogens is 535 g/mol. The fourth-order valence-corrected chi connectivity index (χ4v) is 4.51. The number of guanidine groups is 1. The SMILES string of the molecule is C=CCOc1ccccc1CNC(=NC)NCCCc1nnc(SC)n1C1CCCC1.I. The molecule has 9 heteroatoms. The average molecular weight is 571 g/mol. The molecule has 0 saturated heterocycles. The third-order valence-corrected chi connectivity index (χ3v) is 6.12. The molecule has 1 fully saturated rings. The average Bonchev–Trinajstić information content (AvgIpc) is 3.47. The molecule has 0 atom stereocenters. The van der Waals surface area contributed by atoms with Gasteiger partial charge in [0.15, 0.2) is 11.1 Å². The van der Waals surface area contributed by atoms with Crippen molar-refractivity contribution in [3.8, 4) is 5.75 Å². The van der Waals surface area contributed by atoms with Gasteiger partial charge in [-0.25, -0.2) is 0 Å². The molecule has 0 amide bonds. The molecule has 2 aromatic rings. The monoisotopic (exact) mass is 570 g/mol. The van der Waals surface area contributed by atoms with Crippen LogP contribution in [0.2, 0.25) is 0 Å². The largest absolute Gasteiger partial charge is 0.489 e. The van der Waals surface area contributed by atoms with Crippen molar-refractivity contribution in [1.82, 2.24) is 25.4 Å². The standard InChI is InChI=1S/C23H34N6OS.HI/c1-4-16-30-20-13-8-5-10-18(20)17-26-22(24-2)25-15-9-14-21-27-28-23(31-3)29(21)19-11-6-7-12-19;/h4-5,8,10,13,19H,1,6-7,9,11-12,14-17H2,2-3H3,(H2,24,25,26);1H. The van der Waals surface area contributed by atoms with Gasteiger partial charge in [0, 0.05) is 38.2 Å². The van der Waals surface area contributed by atoms with Crippen LogP contribution in [0.1, 0.15) is 49.5 Å². The van der Waals surface area contributed by atoms with Crippen LogP contribution in [0.25, 0.3) is 0 Å². The number of hydrogen-bond donors (Lipinski definition) is 2. The number of aromatic nitrogens is 3. The molecule has 0 spiro atoms. The van der Waals surface area contributed by atoms with E-state index in [1.54, 1.807) is 24.9 Å². The molecule has 1 aromatic carbocycles. The van der Waals surface area contributed by atoms with Crippen LogP contribution in [-0.4, -0.2) is 47.2 Å². The predicted octanol–water partition coefficient (Wildman–Crippen LogP) is 4.60. The number of halogens is 1. The third-order valence-electron chi connectivity index (χ3n) is 5.48. The second-order valence-electron chi connectivity index (χ2n) is 7.57. The number of para-hydroxylation sites is 1. The van der Waals surface area contributed by atoms with Crippen LogP contribution in [0, 0.1) is 0 Å². The maximum absolute atomic E-state index is 5.73. The normalized spacial score (nSPS) is 14.1. The van der Waals surface area contributed by atoms with Crippen molar-refractivity contribution < 1.29 is 4.74 Å². The molecule has 1 aliphatic carbocycles. The Labute approximate surface area is 212 Å². The minimum Gasteiger partial charge on any atom is -0.489 e. The van der Waals surface area contributed by atoms with Gasteiger partial charge in [-0.3, -0.25) is 4.99 Å². The number of aryl methyl sites for hydroxylation is 1. The number of thioether (sulfide) groups is 1. The number of rotatable bonds is 11. The van der Waals surface area contributed by atoms with Crippen LogP contribution in [-0.2, 0) is 13.0 Å². The molecule has 3 rings (SSSR count). The highest BCUT2D eigenvalue weighted by Crippen LogP contribution is 2.33. The number of ether oxygens (including phenoxy) is 1. The number of aliphatic imine (C=N–C) groups is 1. The highest BCUT2D eigenvalue weighted by molar-refractivity contribution is 14.0. The number of hydrogen-bond acceptors (Lipinski definition) is 5. The summed E-state index contributed by atoms with van der Waals surface area (Å²) < 4.78 is 8.11. The Morgan fingerprint density at radius 2 is 2.06 bits per heavy atom. The molecule has 176 valence electrons. The smallest absolute Gasteiger partial charge is 0.191 e. The topological polar surface area (TPSA) is 76.4 Å². The maximum Gasteiger partial charge on any atom is 0.191 e.